The first-order valence-corrected chi connectivity index (χ1v) is 9.29. The number of thiophene rings is 1. The molecule has 24 heavy (non-hydrogen) atoms. The van der Waals surface area contributed by atoms with Crippen molar-refractivity contribution in [2.24, 2.45) is 0 Å². The van der Waals surface area contributed by atoms with Crippen LogP contribution in [0.3, 0.4) is 0 Å². The lowest BCUT2D eigenvalue weighted by Gasteiger charge is -2.20. The van der Waals surface area contributed by atoms with Crippen LogP contribution in [0.15, 0.2) is 63.4 Å². The third kappa shape index (κ3) is 3.55. The lowest BCUT2D eigenvalue weighted by molar-refractivity contribution is 0.360. The second kappa shape index (κ2) is 6.84. The molecule has 2 heterocycles. The molecule has 4 nitrogen and oxygen atoms in total. The van der Waals surface area contributed by atoms with Crippen molar-refractivity contribution in [1.82, 2.24) is 4.31 Å². The molecular weight excluding hydrogens is 356 g/mol. The predicted molar refractivity (Wildman–Crippen MR) is 85.8 cm³/mol. The summed E-state index contributed by atoms with van der Waals surface area (Å²) in [4.78, 5) is 0.525. The van der Waals surface area contributed by atoms with E-state index in [2.05, 4.69) is 0 Å². The fourth-order valence-electron chi connectivity index (χ4n) is 2.16. The minimum absolute atomic E-state index is 0.00771. The van der Waals surface area contributed by atoms with Crippen molar-refractivity contribution in [1.29, 1.82) is 0 Å². The van der Waals surface area contributed by atoms with Crippen LogP contribution in [0, 0.1) is 11.6 Å². The molecule has 0 bridgehead atoms. The summed E-state index contributed by atoms with van der Waals surface area (Å²) in [5, 5.41) is 1.84. The summed E-state index contributed by atoms with van der Waals surface area (Å²) in [7, 11) is -4.02. The molecule has 0 atom stereocenters. The van der Waals surface area contributed by atoms with Crippen molar-refractivity contribution in [2.75, 3.05) is 0 Å². The summed E-state index contributed by atoms with van der Waals surface area (Å²) < 4.78 is 58.6. The molecule has 0 radical (unpaired) electrons. The highest BCUT2D eigenvalue weighted by atomic mass is 32.2. The zero-order chi connectivity index (χ0) is 17.2. The van der Waals surface area contributed by atoms with Gasteiger partial charge in [0.1, 0.15) is 5.76 Å². The largest absolute Gasteiger partial charge is 0.468 e. The maximum Gasteiger partial charge on any atom is 0.243 e. The molecule has 2 aromatic heterocycles. The molecule has 0 aliphatic carbocycles. The average molecular weight is 369 g/mol. The van der Waals surface area contributed by atoms with Crippen LogP contribution in [0.4, 0.5) is 8.78 Å². The summed E-state index contributed by atoms with van der Waals surface area (Å²) in [6.07, 6.45) is 1.45. The Kier molecular flexibility index (Phi) is 4.79. The highest BCUT2D eigenvalue weighted by Gasteiger charge is 2.27. The van der Waals surface area contributed by atoms with E-state index < -0.39 is 21.7 Å². The molecule has 0 saturated heterocycles. The Morgan fingerprint density at radius 3 is 2.50 bits per heavy atom. The molecule has 8 heteroatoms. The SMILES string of the molecule is O=S(=O)(c1ccc(F)c(F)c1)N(Cc1ccco1)Cc1cccs1. The number of halogens is 2. The van der Waals surface area contributed by atoms with Gasteiger partial charge in [-0.3, -0.25) is 0 Å². The Bertz CT molecular complexity index is 871. The maximum absolute atomic E-state index is 13.5. The number of rotatable bonds is 6. The molecule has 3 aromatic rings. The summed E-state index contributed by atoms with van der Waals surface area (Å²) in [6.45, 7) is 0.103. The third-order valence-electron chi connectivity index (χ3n) is 3.35. The van der Waals surface area contributed by atoms with Crippen molar-refractivity contribution < 1.29 is 21.6 Å². The van der Waals surface area contributed by atoms with Crippen molar-refractivity contribution in [3.8, 4) is 0 Å². The summed E-state index contributed by atoms with van der Waals surface area (Å²) in [5.41, 5.74) is 0. The van der Waals surface area contributed by atoms with Crippen LogP contribution in [0.1, 0.15) is 10.6 Å². The molecule has 0 unspecified atom stereocenters. The van der Waals surface area contributed by atoms with E-state index in [9.17, 15) is 17.2 Å². The average Bonchev–Trinajstić information content (AvgIpc) is 3.23. The van der Waals surface area contributed by atoms with Gasteiger partial charge in [0.05, 0.1) is 17.7 Å². The summed E-state index contributed by atoms with van der Waals surface area (Å²) >= 11 is 1.41. The van der Waals surface area contributed by atoms with Crippen LogP contribution in [0.5, 0.6) is 0 Å². The van der Waals surface area contributed by atoms with E-state index in [4.69, 9.17) is 4.42 Å². The van der Waals surface area contributed by atoms with E-state index in [0.29, 0.717) is 11.8 Å². The smallest absolute Gasteiger partial charge is 0.243 e. The molecule has 0 fully saturated rings. The van der Waals surface area contributed by atoms with E-state index in [-0.39, 0.29) is 18.0 Å². The Balaban J connectivity index is 1.97. The van der Waals surface area contributed by atoms with Gasteiger partial charge in [0, 0.05) is 11.4 Å². The summed E-state index contributed by atoms with van der Waals surface area (Å²) in [5.74, 6) is -1.84. The van der Waals surface area contributed by atoms with Crippen LogP contribution >= 0.6 is 11.3 Å². The molecule has 0 aliphatic rings. The normalized spacial score (nSPS) is 12.0. The number of furan rings is 1. The Morgan fingerprint density at radius 1 is 1.04 bits per heavy atom. The minimum atomic E-state index is -4.02. The van der Waals surface area contributed by atoms with Crippen LogP contribution < -0.4 is 0 Å². The highest BCUT2D eigenvalue weighted by molar-refractivity contribution is 7.89. The number of benzene rings is 1. The zero-order valence-electron chi connectivity index (χ0n) is 12.4. The molecule has 1 aromatic carbocycles. The standard InChI is InChI=1S/C16H13F2NO3S2/c17-15-6-5-14(9-16(15)18)24(20,21)19(10-12-3-1-7-22-12)11-13-4-2-8-23-13/h1-9H,10-11H2. The molecule has 0 amide bonds. The number of nitrogens with zero attached hydrogens (tertiary/aromatic N) is 1. The molecule has 0 saturated carbocycles. The van der Waals surface area contributed by atoms with Gasteiger partial charge in [0.15, 0.2) is 11.6 Å². The quantitative estimate of drug-likeness (QED) is 0.660. The Hall–Kier alpha value is -2.03. The van der Waals surface area contributed by atoms with Gasteiger partial charge in [-0.2, -0.15) is 4.31 Å². The molecular formula is C16H13F2NO3S2. The van der Waals surface area contributed by atoms with Crippen LogP contribution in [-0.4, -0.2) is 12.7 Å². The first kappa shape index (κ1) is 16.8. The van der Waals surface area contributed by atoms with Gasteiger partial charge in [0.2, 0.25) is 10.0 Å². The van der Waals surface area contributed by atoms with Crippen molar-refractivity contribution >= 4 is 21.4 Å². The third-order valence-corrected chi connectivity index (χ3v) is 6.00. The second-order valence-electron chi connectivity index (χ2n) is 5.01. The zero-order valence-corrected chi connectivity index (χ0v) is 14.0. The van der Waals surface area contributed by atoms with Crippen molar-refractivity contribution in [3.05, 3.63) is 76.4 Å². The Labute approximate surface area is 142 Å². The van der Waals surface area contributed by atoms with Gasteiger partial charge < -0.3 is 4.42 Å². The van der Waals surface area contributed by atoms with Crippen LogP contribution in [0.25, 0.3) is 0 Å². The van der Waals surface area contributed by atoms with Crippen LogP contribution in [0.2, 0.25) is 0 Å². The van der Waals surface area contributed by atoms with Crippen molar-refractivity contribution in [3.63, 3.8) is 0 Å². The van der Waals surface area contributed by atoms with Gasteiger partial charge >= 0.3 is 0 Å². The molecule has 0 spiro atoms. The van der Waals surface area contributed by atoms with Gasteiger partial charge in [-0.15, -0.1) is 11.3 Å². The molecule has 0 aliphatic heterocycles. The second-order valence-corrected chi connectivity index (χ2v) is 7.98. The first-order chi connectivity index (χ1) is 11.5. The monoisotopic (exact) mass is 369 g/mol. The van der Waals surface area contributed by atoms with Crippen LogP contribution in [-0.2, 0) is 23.1 Å². The molecule has 0 N–H and O–H groups in total. The first-order valence-electron chi connectivity index (χ1n) is 6.97. The van der Waals surface area contributed by atoms with E-state index in [0.717, 1.165) is 17.0 Å². The van der Waals surface area contributed by atoms with Crippen molar-refractivity contribution in [2.45, 2.75) is 18.0 Å². The predicted octanol–water partition coefficient (Wildman–Crippen LogP) is 4.01. The number of hydrogen-bond acceptors (Lipinski definition) is 4. The summed E-state index contributed by atoms with van der Waals surface area (Å²) in [6, 6.07) is 9.48. The number of sulfonamides is 1. The lowest BCUT2D eigenvalue weighted by atomic mass is 10.3. The fraction of sp³-hybridized carbons (Fsp3) is 0.125. The van der Waals surface area contributed by atoms with E-state index in [1.807, 2.05) is 11.4 Å². The molecule has 126 valence electrons. The topological polar surface area (TPSA) is 50.5 Å². The van der Waals surface area contributed by atoms with E-state index >= 15 is 0 Å². The minimum Gasteiger partial charge on any atom is -0.468 e. The molecule has 3 rings (SSSR count). The maximum atomic E-state index is 13.5. The van der Waals surface area contributed by atoms with Gasteiger partial charge in [0.25, 0.3) is 0 Å². The highest BCUT2D eigenvalue weighted by Crippen LogP contribution is 2.24. The lowest BCUT2D eigenvalue weighted by Crippen LogP contribution is -2.30. The number of hydrogen-bond donors (Lipinski definition) is 0. The van der Waals surface area contributed by atoms with E-state index in [1.54, 1.807) is 18.2 Å². The van der Waals surface area contributed by atoms with Gasteiger partial charge in [-0.25, -0.2) is 17.2 Å². The van der Waals surface area contributed by atoms with E-state index in [1.165, 1.54) is 21.9 Å². The van der Waals surface area contributed by atoms with Gasteiger partial charge in [-0.05, 0) is 41.8 Å². The fourth-order valence-corrected chi connectivity index (χ4v) is 4.36. The Morgan fingerprint density at radius 2 is 1.88 bits per heavy atom. The van der Waals surface area contributed by atoms with Gasteiger partial charge in [-0.1, -0.05) is 6.07 Å².